The fourth-order valence-electron chi connectivity index (χ4n) is 1.93. The highest BCUT2D eigenvalue weighted by Crippen LogP contribution is 2.20. The number of nitrogens with two attached hydrogens (primary N) is 2. The van der Waals surface area contributed by atoms with Gasteiger partial charge in [-0.3, -0.25) is 0 Å². The first-order chi connectivity index (χ1) is 7.24. The summed E-state index contributed by atoms with van der Waals surface area (Å²) in [6, 6.07) is 2.68. The Morgan fingerprint density at radius 1 is 1.27 bits per heavy atom. The molecule has 1 aromatic rings. The van der Waals surface area contributed by atoms with E-state index in [2.05, 4.69) is 15.3 Å². The zero-order valence-corrected chi connectivity index (χ0v) is 8.69. The van der Waals surface area contributed by atoms with Crippen molar-refractivity contribution in [3.05, 3.63) is 12.3 Å². The lowest BCUT2D eigenvalue weighted by Crippen LogP contribution is -2.33. The third kappa shape index (κ3) is 2.79. The quantitative estimate of drug-likeness (QED) is 0.665. The summed E-state index contributed by atoms with van der Waals surface area (Å²) in [5.41, 5.74) is 11.3. The average molecular weight is 207 g/mol. The molecule has 1 aliphatic rings. The van der Waals surface area contributed by atoms with Gasteiger partial charge in [-0.25, -0.2) is 4.98 Å². The van der Waals surface area contributed by atoms with Crippen LogP contribution >= 0.6 is 0 Å². The van der Waals surface area contributed by atoms with E-state index >= 15 is 0 Å². The zero-order chi connectivity index (χ0) is 10.7. The van der Waals surface area contributed by atoms with Crippen LogP contribution in [0.4, 0.5) is 11.8 Å². The summed E-state index contributed by atoms with van der Waals surface area (Å²) < 4.78 is 0. The van der Waals surface area contributed by atoms with Gasteiger partial charge in [-0.15, -0.1) is 0 Å². The summed E-state index contributed by atoms with van der Waals surface area (Å²) in [5.74, 6) is 1.12. The third-order valence-electron chi connectivity index (χ3n) is 2.80. The van der Waals surface area contributed by atoms with E-state index in [0.717, 1.165) is 31.5 Å². The van der Waals surface area contributed by atoms with Crippen LogP contribution in [0.2, 0.25) is 0 Å². The molecule has 1 aliphatic carbocycles. The van der Waals surface area contributed by atoms with E-state index < -0.39 is 0 Å². The zero-order valence-electron chi connectivity index (χ0n) is 8.69. The topological polar surface area (TPSA) is 89.8 Å². The predicted octanol–water partition coefficient (Wildman–Crippen LogP) is 0.741. The van der Waals surface area contributed by atoms with Crippen LogP contribution in [0.15, 0.2) is 12.3 Å². The molecule has 5 heteroatoms. The highest BCUT2D eigenvalue weighted by Gasteiger charge is 2.18. The monoisotopic (exact) mass is 207 g/mol. The van der Waals surface area contributed by atoms with Gasteiger partial charge in [0.25, 0.3) is 0 Å². The van der Waals surface area contributed by atoms with Crippen LogP contribution in [0.1, 0.15) is 25.7 Å². The van der Waals surface area contributed by atoms with Crippen LogP contribution in [0.25, 0.3) is 0 Å². The van der Waals surface area contributed by atoms with E-state index in [4.69, 9.17) is 11.5 Å². The highest BCUT2D eigenvalue weighted by atomic mass is 15.1. The number of hydrogen-bond donors (Lipinski definition) is 3. The molecule has 1 saturated carbocycles. The lowest BCUT2D eigenvalue weighted by atomic mass is 9.92. The van der Waals surface area contributed by atoms with Gasteiger partial charge in [0.15, 0.2) is 0 Å². The Balaban J connectivity index is 1.92. The molecule has 0 saturated heterocycles. The molecule has 5 N–H and O–H groups in total. The summed E-state index contributed by atoms with van der Waals surface area (Å²) in [4.78, 5) is 7.96. The molecule has 15 heavy (non-hydrogen) atoms. The number of anilines is 2. The van der Waals surface area contributed by atoms with E-state index in [-0.39, 0.29) is 0 Å². The van der Waals surface area contributed by atoms with Crippen molar-refractivity contribution in [1.82, 2.24) is 9.97 Å². The molecule has 0 unspecified atom stereocenters. The maximum absolute atomic E-state index is 5.84. The number of nitrogen functional groups attached to an aromatic ring is 1. The standard InChI is InChI=1S/C10H17N5/c11-7-1-3-8(4-2-7)14-9-5-6-13-10(12)15-9/h5-8H,1-4,11H2,(H3,12,13,14,15)/t7-,8-. The lowest BCUT2D eigenvalue weighted by molar-refractivity contribution is 0.410. The molecule has 0 aliphatic heterocycles. The van der Waals surface area contributed by atoms with E-state index in [9.17, 15) is 0 Å². The molecule has 0 amide bonds. The van der Waals surface area contributed by atoms with Crippen molar-refractivity contribution in [2.45, 2.75) is 37.8 Å². The molecular formula is C10H17N5. The number of rotatable bonds is 2. The van der Waals surface area contributed by atoms with Gasteiger partial charge in [0.2, 0.25) is 5.95 Å². The van der Waals surface area contributed by atoms with E-state index in [1.54, 1.807) is 6.20 Å². The van der Waals surface area contributed by atoms with Crippen molar-refractivity contribution in [3.63, 3.8) is 0 Å². The van der Waals surface area contributed by atoms with Gasteiger partial charge < -0.3 is 16.8 Å². The van der Waals surface area contributed by atoms with E-state index in [1.165, 1.54) is 0 Å². The van der Waals surface area contributed by atoms with E-state index in [0.29, 0.717) is 18.0 Å². The number of nitrogens with one attached hydrogen (secondary N) is 1. The molecule has 1 fully saturated rings. The van der Waals surface area contributed by atoms with Crippen molar-refractivity contribution in [3.8, 4) is 0 Å². The van der Waals surface area contributed by atoms with Crippen LogP contribution in [-0.4, -0.2) is 22.1 Å². The Morgan fingerprint density at radius 2 is 2.00 bits per heavy atom. The van der Waals surface area contributed by atoms with Crippen LogP contribution in [0.3, 0.4) is 0 Å². The summed E-state index contributed by atoms with van der Waals surface area (Å²) in [6.07, 6.45) is 6.03. The molecule has 0 bridgehead atoms. The van der Waals surface area contributed by atoms with E-state index in [1.807, 2.05) is 6.07 Å². The average Bonchev–Trinajstić information content (AvgIpc) is 2.22. The molecule has 2 rings (SSSR count). The van der Waals surface area contributed by atoms with Crippen LogP contribution < -0.4 is 16.8 Å². The molecule has 0 aromatic carbocycles. The normalized spacial score (nSPS) is 26.2. The minimum atomic E-state index is 0.313. The van der Waals surface area contributed by atoms with Crippen molar-refractivity contribution in [1.29, 1.82) is 0 Å². The molecule has 0 atom stereocenters. The summed E-state index contributed by atoms with van der Waals surface area (Å²) in [5, 5.41) is 3.36. The fourth-order valence-corrected chi connectivity index (χ4v) is 1.93. The molecular weight excluding hydrogens is 190 g/mol. The minimum Gasteiger partial charge on any atom is -0.368 e. The Bertz CT molecular complexity index is 319. The van der Waals surface area contributed by atoms with Gasteiger partial charge in [0.05, 0.1) is 0 Å². The smallest absolute Gasteiger partial charge is 0.221 e. The molecule has 82 valence electrons. The lowest BCUT2D eigenvalue weighted by Gasteiger charge is -2.27. The first kappa shape index (κ1) is 10.2. The van der Waals surface area contributed by atoms with Crippen LogP contribution in [-0.2, 0) is 0 Å². The van der Waals surface area contributed by atoms with Crippen molar-refractivity contribution in [2.75, 3.05) is 11.1 Å². The van der Waals surface area contributed by atoms with Gasteiger partial charge in [0, 0.05) is 18.3 Å². The number of aromatic nitrogens is 2. The number of hydrogen-bond acceptors (Lipinski definition) is 5. The second-order valence-electron chi connectivity index (χ2n) is 4.06. The molecule has 0 radical (unpaired) electrons. The van der Waals surface area contributed by atoms with Gasteiger partial charge in [-0.1, -0.05) is 0 Å². The second-order valence-corrected chi connectivity index (χ2v) is 4.06. The highest BCUT2D eigenvalue weighted by molar-refractivity contribution is 5.38. The fraction of sp³-hybridized carbons (Fsp3) is 0.600. The maximum atomic E-state index is 5.84. The van der Waals surface area contributed by atoms with Gasteiger partial charge in [-0.05, 0) is 31.7 Å². The second kappa shape index (κ2) is 4.44. The predicted molar refractivity (Wildman–Crippen MR) is 60.3 cm³/mol. The molecule has 1 heterocycles. The third-order valence-corrected chi connectivity index (χ3v) is 2.80. The molecule has 5 nitrogen and oxygen atoms in total. The Hall–Kier alpha value is -1.36. The SMILES string of the molecule is Nc1nccc(N[C@H]2CC[C@H](N)CC2)n1. The van der Waals surface area contributed by atoms with Crippen LogP contribution in [0, 0.1) is 0 Å². The first-order valence-corrected chi connectivity index (χ1v) is 5.34. The molecule has 0 spiro atoms. The Morgan fingerprint density at radius 3 is 2.67 bits per heavy atom. The van der Waals surface area contributed by atoms with Crippen LogP contribution in [0.5, 0.6) is 0 Å². The van der Waals surface area contributed by atoms with Crippen molar-refractivity contribution >= 4 is 11.8 Å². The summed E-state index contributed by atoms with van der Waals surface area (Å²) in [7, 11) is 0. The Labute approximate surface area is 89.3 Å². The maximum Gasteiger partial charge on any atom is 0.221 e. The molecule has 1 aromatic heterocycles. The first-order valence-electron chi connectivity index (χ1n) is 5.34. The Kier molecular flexibility index (Phi) is 3.01. The van der Waals surface area contributed by atoms with Gasteiger partial charge in [0.1, 0.15) is 5.82 Å². The number of nitrogens with zero attached hydrogens (tertiary/aromatic N) is 2. The summed E-state index contributed by atoms with van der Waals surface area (Å²) >= 11 is 0. The summed E-state index contributed by atoms with van der Waals surface area (Å²) in [6.45, 7) is 0. The largest absolute Gasteiger partial charge is 0.368 e. The van der Waals surface area contributed by atoms with Gasteiger partial charge >= 0.3 is 0 Å². The minimum absolute atomic E-state index is 0.313. The van der Waals surface area contributed by atoms with Crippen molar-refractivity contribution in [2.24, 2.45) is 5.73 Å². The van der Waals surface area contributed by atoms with Crippen molar-refractivity contribution < 1.29 is 0 Å². The van der Waals surface area contributed by atoms with Gasteiger partial charge in [-0.2, -0.15) is 4.98 Å².